The number of nitrogens with zero attached hydrogens (tertiary/aromatic N) is 2. The highest BCUT2D eigenvalue weighted by Gasteiger charge is 2.44. The van der Waals surface area contributed by atoms with Crippen molar-refractivity contribution < 1.29 is 38.0 Å². The first-order valence-corrected chi connectivity index (χ1v) is 17.4. The van der Waals surface area contributed by atoms with Gasteiger partial charge in [0.2, 0.25) is 5.91 Å². The van der Waals surface area contributed by atoms with E-state index in [4.69, 9.17) is 34.2 Å². The summed E-state index contributed by atoms with van der Waals surface area (Å²) in [7, 11) is 3.38. The molecule has 0 saturated carbocycles. The van der Waals surface area contributed by atoms with E-state index in [-0.39, 0.29) is 18.1 Å². The lowest BCUT2D eigenvalue weighted by Crippen LogP contribution is -2.55. The van der Waals surface area contributed by atoms with Crippen LogP contribution in [0.3, 0.4) is 0 Å². The van der Waals surface area contributed by atoms with Gasteiger partial charge in [-0.25, -0.2) is 4.79 Å². The van der Waals surface area contributed by atoms with Crippen LogP contribution in [0.4, 0.5) is 10.5 Å². The number of amides is 2. The number of carbonyl (C=O) groups is 2. The van der Waals surface area contributed by atoms with E-state index in [1.807, 2.05) is 46.8 Å². The molecule has 0 bridgehead atoms. The van der Waals surface area contributed by atoms with E-state index in [0.717, 1.165) is 47.6 Å². The summed E-state index contributed by atoms with van der Waals surface area (Å²) in [5, 5.41) is 0. The Labute approximate surface area is 292 Å². The number of nitrogens with two attached hydrogens (primary N) is 1. The smallest absolute Gasteiger partial charge is 0.410 e. The van der Waals surface area contributed by atoms with Crippen LogP contribution in [0.25, 0.3) is 0 Å². The fourth-order valence-corrected chi connectivity index (χ4v) is 6.43. The minimum atomic E-state index is -0.826. The van der Waals surface area contributed by atoms with Gasteiger partial charge in [0.05, 0.1) is 51.3 Å². The van der Waals surface area contributed by atoms with Crippen LogP contribution >= 0.6 is 0 Å². The van der Waals surface area contributed by atoms with Crippen LogP contribution in [0, 0.1) is 5.41 Å². The molecule has 2 heterocycles. The number of benzene rings is 2. The number of hydrogen-bond donors (Lipinski definition) is 1. The fraction of sp³-hybridized carbons (Fsp3) is 0.632. The zero-order chi connectivity index (χ0) is 35.6. The Hall–Kier alpha value is -3.38. The highest BCUT2D eigenvalue weighted by atomic mass is 16.6. The molecule has 4 rings (SSSR count). The lowest BCUT2D eigenvalue weighted by atomic mass is 9.76. The SMILES string of the molecule is COCCCN1CCOc2ccc(CO[C@H]3CN(C(=O)OC(C)(C)C)[C@@H](CC(C)(C)C(N)=O)C[C@@H]3c3ccc(COCCOC)cc3)cc21. The lowest BCUT2D eigenvalue weighted by molar-refractivity contribution is -0.127. The van der Waals surface area contributed by atoms with Gasteiger partial charge in [-0.05, 0) is 68.9 Å². The molecule has 2 aromatic carbocycles. The monoisotopic (exact) mass is 683 g/mol. The summed E-state index contributed by atoms with van der Waals surface area (Å²) in [4.78, 5) is 30.3. The minimum Gasteiger partial charge on any atom is -0.490 e. The molecule has 1 fully saturated rings. The fourth-order valence-electron chi connectivity index (χ4n) is 6.43. The van der Waals surface area contributed by atoms with Crippen molar-refractivity contribution in [3.63, 3.8) is 0 Å². The molecule has 272 valence electrons. The normalized spacial score (nSPS) is 19.7. The van der Waals surface area contributed by atoms with Crippen molar-refractivity contribution in [2.24, 2.45) is 11.1 Å². The van der Waals surface area contributed by atoms with Crippen LogP contribution in [-0.4, -0.2) is 94.9 Å². The number of rotatable bonds is 16. The second kappa shape index (κ2) is 17.5. The van der Waals surface area contributed by atoms with Gasteiger partial charge in [0, 0.05) is 44.7 Å². The standard InChI is InChI=1S/C38H57N3O8/c1-37(2,3)49-36(43)41-24-34(48-26-28-11-14-33-32(21-28)40(16-18-47-33)15-8-17-44-6)31(22-30(41)23-38(4,5)35(39)42)29-12-9-27(10-13-29)25-46-20-19-45-7/h9-14,21,30-31,34H,8,15-20,22-26H2,1-7H3,(H2,39,42)/t30-,31-,34+/m1/s1. The van der Waals surface area contributed by atoms with Gasteiger partial charge in [0.1, 0.15) is 18.0 Å². The first-order valence-electron chi connectivity index (χ1n) is 17.4. The molecule has 0 unspecified atom stereocenters. The van der Waals surface area contributed by atoms with Gasteiger partial charge in [0.25, 0.3) is 0 Å². The van der Waals surface area contributed by atoms with E-state index in [1.165, 1.54) is 0 Å². The maximum atomic E-state index is 13.7. The first-order chi connectivity index (χ1) is 23.3. The number of ether oxygens (including phenoxy) is 6. The van der Waals surface area contributed by atoms with Crippen molar-refractivity contribution in [2.45, 2.75) is 90.8 Å². The molecule has 2 N–H and O–H groups in total. The molecule has 11 heteroatoms. The number of primary amides is 1. The topological polar surface area (TPSA) is 122 Å². The lowest BCUT2D eigenvalue weighted by Gasteiger charge is -2.46. The van der Waals surface area contributed by atoms with E-state index in [0.29, 0.717) is 59.0 Å². The molecule has 3 atom stereocenters. The number of hydrogen-bond acceptors (Lipinski definition) is 9. The Morgan fingerprint density at radius 1 is 0.939 bits per heavy atom. The Bertz CT molecular complexity index is 1360. The summed E-state index contributed by atoms with van der Waals surface area (Å²) in [6.07, 6.45) is 1.14. The van der Waals surface area contributed by atoms with Crippen molar-refractivity contribution in [1.82, 2.24) is 4.90 Å². The second-order valence-electron chi connectivity index (χ2n) is 14.7. The van der Waals surface area contributed by atoms with Gasteiger partial charge in [-0.15, -0.1) is 0 Å². The number of piperidine rings is 1. The van der Waals surface area contributed by atoms with Crippen molar-refractivity contribution in [3.8, 4) is 5.75 Å². The Kier molecular flexibility index (Phi) is 13.7. The summed E-state index contributed by atoms with van der Waals surface area (Å²) in [5.41, 5.74) is 8.54. The van der Waals surface area contributed by atoms with Gasteiger partial charge < -0.3 is 44.0 Å². The Morgan fingerprint density at radius 3 is 2.33 bits per heavy atom. The second-order valence-corrected chi connectivity index (χ2v) is 14.7. The van der Waals surface area contributed by atoms with Gasteiger partial charge in [-0.3, -0.25) is 4.79 Å². The van der Waals surface area contributed by atoms with Crippen LogP contribution in [0.1, 0.15) is 76.5 Å². The quantitative estimate of drug-likeness (QED) is 0.223. The average Bonchev–Trinajstić information content (AvgIpc) is 3.05. The van der Waals surface area contributed by atoms with E-state index in [2.05, 4.69) is 35.2 Å². The van der Waals surface area contributed by atoms with Gasteiger partial charge in [-0.1, -0.05) is 44.2 Å². The summed E-state index contributed by atoms with van der Waals surface area (Å²) < 4.78 is 34.7. The largest absolute Gasteiger partial charge is 0.490 e. The average molecular weight is 684 g/mol. The predicted octanol–water partition coefficient (Wildman–Crippen LogP) is 5.66. The molecule has 1 saturated heterocycles. The third-order valence-electron chi connectivity index (χ3n) is 9.16. The van der Waals surface area contributed by atoms with Crippen LogP contribution in [0.15, 0.2) is 42.5 Å². The zero-order valence-corrected chi connectivity index (χ0v) is 30.5. The molecule has 2 aromatic rings. The maximum Gasteiger partial charge on any atom is 0.410 e. The molecular weight excluding hydrogens is 626 g/mol. The third kappa shape index (κ3) is 11.1. The van der Waals surface area contributed by atoms with E-state index in [9.17, 15) is 9.59 Å². The van der Waals surface area contributed by atoms with E-state index < -0.39 is 23.0 Å². The highest BCUT2D eigenvalue weighted by Crippen LogP contribution is 2.40. The van der Waals surface area contributed by atoms with Crippen molar-refractivity contribution in [1.29, 1.82) is 0 Å². The summed E-state index contributed by atoms with van der Waals surface area (Å²) in [6, 6.07) is 14.3. The zero-order valence-electron chi connectivity index (χ0n) is 30.5. The van der Waals surface area contributed by atoms with Gasteiger partial charge in [0.15, 0.2) is 0 Å². The highest BCUT2D eigenvalue weighted by molar-refractivity contribution is 5.80. The molecule has 49 heavy (non-hydrogen) atoms. The van der Waals surface area contributed by atoms with Crippen LogP contribution in [0.2, 0.25) is 0 Å². The maximum absolute atomic E-state index is 13.7. The first kappa shape index (κ1) is 38.4. The van der Waals surface area contributed by atoms with Gasteiger partial charge >= 0.3 is 6.09 Å². The van der Waals surface area contributed by atoms with Crippen LogP contribution < -0.4 is 15.4 Å². The molecule has 0 aliphatic carbocycles. The van der Waals surface area contributed by atoms with Crippen molar-refractivity contribution in [2.75, 3.05) is 65.2 Å². The summed E-state index contributed by atoms with van der Waals surface area (Å²) >= 11 is 0. The Balaban J connectivity index is 1.61. The molecule has 2 amide bonds. The number of anilines is 1. The van der Waals surface area contributed by atoms with Crippen molar-refractivity contribution >= 4 is 17.7 Å². The van der Waals surface area contributed by atoms with Gasteiger partial charge in [-0.2, -0.15) is 0 Å². The summed E-state index contributed by atoms with van der Waals surface area (Å²) in [5.74, 6) is 0.407. The van der Waals surface area contributed by atoms with Crippen molar-refractivity contribution in [3.05, 3.63) is 59.2 Å². The molecular formula is C38H57N3O8. The number of methoxy groups -OCH3 is 2. The van der Waals surface area contributed by atoms with Crippen LogP contribution in [0.5, 0.6) is 5.75 Å². The van der Waals surface area contributed by atoms with Crippen LogP contribution in [-0.2, 0) is 41.7 Å². The summed E-state index contributed by atoms with van der Waals surface area (Å²) in [6.45, 7) is 14.5. The third-order valence-corrected chi connectivity index (χ3v) is 9.16. The van der Waals surface area contributed by atoms with E-state index >= 15 is 0 Å². The number of carbonyl (C=O) groups excluding carboxylic acids is 2. The number of fused-ring (bicyclic) bond motifs is 1. The number of likely N-dealkylation sites (tertiary alicyclic amines) is 1. The Morgan fingerprint density at radius 2 is 1.65 bits per heavy atom. The molecule has 0 spiro atoms. The molecule has 11 nitrogen and oxygen atoms in total. The molecule has 0 aromatic heterocycles. The minimum absolute atomic E-state index is 0.0534. The molecule has 0 radical (unpaired) electrons. The van der Waals surface area contributed by atoms with E-state index in [1.54, 1.807) is 19.1 Å². The molecule has 2 aliphatic heterocycles. The predicted molar refractivity (Wildman–Crippen MR) is 189 cm³/mol. The molecule has 2 aliphatic rings.